The van der Waals surface area contributed by atoms with Gasteiger partial charge in [0.15, 0.2) is 5.78 Å². The van der Waals surface area contributed by atoms with Gasteiger partial charge in [-0.1, -0.05) is 15.9 Å². The maximum absolute atomic E-state index is 14.0. The lowest BCUT2D eigenvalue weighted by atomic mass is 9.63. The van der Waals surface area contributed by atoms with Crippen molar-refractivity contribution in [3.8, 4) is 0 Å². The van der Waals surface area contributed by atoms with Crippen LogP contribution in [0.25, 0.3) is 0 Å². The second kappa shape index (κ2) is 7.62. The summed E-state index contributed by atoms with van der Waals surface area (Å²) in [7, 11) is 1.61. The van der Waals surface area contributed by atoms with Crippen molar-refractivity contribution < 1.29 is 28.3 Å². The third-order valence-electron chi connectivity index (χ3n) is 6.43. The van der Waals surface area contributed by atoms with Gasteiger partial charge in [0.25, 0.3) is 0 Å². The van der Waals surface area contributed by atoms with Gasteiger partial charge in [0.05, 0.1) is 18.4 Å². The largest absolute Gasteiger partial charge is 0.469 e. The number of anilines is 1. The maximum Gasteiger partial charge on any atom is 0.341 e. The van der Waals surface area contributed by atoms with E-state index in [1.807, 2.05) is 0 Å². The Balaban J connectivity index is 1.79. The molecular formula is C24H21BrN2O6. The SMILES string of the molecule is CCOC(=O)C1=C(N)OC2=C(C(=O)C[C@H](c3ccco3)C2)[C@@]12C(=O)N(C)c1ccc(Br)cc12. The summed E-state index contributed by atoms with van der Waals surface area (Å²) in [6.07, 6.45) is 1.95. The summed E-state index contributed by atoms with van der Waals surface area (Å²) in [5.41, 5.74) is 5.57. The first-order valence-corrected chi connectivity index (χ1v) is 11.3. The predicted molar refractivity (Wildman–Crippen MR) is 121 cm³/mol. The Bertz CT molecular complexity index is 1260. The lowest BCUT2D eigenvalue weighted by molar-refractivity contribution is -0.141. The maximum atomic E-state index is 14.0. The van der Waals surface area contributed by atoms with E-state index in [1.54, 1.807) is 50.6 Å². The number of allylic oxidation sites excluding steroid dienone is 1. The van der Waals surface area contributed by atoms with Crippen LogP contribution in [-0.4, -0.2) is 31.3 Å². The highest BCUT2D eigenvalue weighted by atomic mass is 79.9. The number of ether oxygens (including phenoxy) is 2. The molecule has 2 aromatic rings. The first-order chi connectivity index (χ1) is 15.8. The third kappa shape index (κ3) is 2.91. The van der Waals surface area contributed by atoms with E-state index in [4.69, 9.17) is 19.6 Å². The number of halogens is 1. The fourth-order valence-electron chi connectivity index (χ4n) is 5.13. The standard InChI is InChI=1S/C24H21BrN2O6/c1-3-31-22(29)20-21(26)33-18-10-12(17-5-4-8-32-17)9-16(28)19(18)24(20)14-11-13(25)6-7-15(14)27(2)23(24)30/h4-8,11-12H,3,9-10,26H2,1-2H3/t12-,24+/m0/s1. The number of furan rings is 1. The molecule has 5 rings (SSSR count). The van der Waals surface area contributed by atoms with Crippen molar-refractivity contribution >= 4 is 39.3 Å². The molecule has 0 radical (unpaired) electrons. The van der Waals surface area contributed by atoms with Gasteiger partial charge in [0.2, 0.25) is 11.8 Å². The summed E-state index contributed by atoms with van der Waals surface area (Å²) in [6, 6.07) is 8.85. The number of benzene rings is 1. The van der Waals surface area contributed by atoms with E-state index < -0.39 is 17.3 Å². The molecule has 1 aromatic heterocycles. The molecule has 1 amide bonds. The lowest BCUT2D eigenvalue weighted by Crippen LogP contribution is -2.51. The molecule has 3 heterocycles. The van der Waals surface area contributed by atoms with Crippen LogP contribution in [0.1, 0.15) is 37.0 Å². The summed E-state index contributed by atoms with van der Waals surface area (Å²) in [6.45, 7) is 1.73. The third-order valence-corrected chi connectivity index (χ3v) is 6.92. The van der Waals surface area contributed by atoms with E-state index in [1.165, 1.54) is 4.90 Å². The van der Waals surface area contributed by atoms with Gasteiger partial charge in [0.1, 0.15) is 22.5 Å². The molecule has 0 bridgehead atoms. The van der Waals surface area contributed by atoms with E-state index in [9.17, 15) is 14.4 Å². The Kier molecular flexibility index (Phi) is 4.97. The Hall–Kier alpha value is -3.33. The van der Waals surface area contributed by atoms with Crippen LogP contribution in [0.2, 0.25) is 0 Å². The topological polar surface area (TPSA) is 112 Å². The number of Topliss-reactive ketones (excluding diaryl/α,β-unsaturated/α-hetero) is 1. The Morgan fingerprint density at radius 3 is 2.79 bits per heavy atom. The molecule has 33 heavy (non-hydrogen) atoms. The average molecular weight is 513 g/mol. The van der Waals surface area contributed by atoms with Gasteiger partial charge in [-0.05, 0) is 37.3 Å². The van der Waals surface area contributed by atoms with Crippen molar-refractivity contribution in [1.82, 2.24) is 0 Å². The van der Waals surface area contributed by atoms with Crippen molar-refractivity contribution in [2.45, 2.75) is 31.1 Å². The molecule has 0 fully saturated rings. The average Bonchev–Trinajstić information content (AvgIpc) is 3.37. The second-order valence-corrected chi connectivity index (χ2v) is 9.10. The number of carbonyl (C=O) groups is 3. The van der Waals surface area contributed by atoms with Crippen LogP contribution in [0.15, 0.2) is 68.3 Å². The zero-order valence-corrected chi connectivity index (χ0v) is 19.6. The van der Waals surface area contributed by atoms with E-state index >= 15 is 0 Å². The number of hydrogen-bond donors (Lipinski definition) is 1. The number of rotatable bonds is 3. The van der Waals surface area contributed by atoms with Crippen LogP contribution in [0.4, 0.5) is 5.69 Å². The van der Waals surface area contributed by atoms with Crippen LogP contribution in [0, 0.1) is 0 Å². The smallest absolute Gasteiger partial charge is 0.341 e. The highest BCUT2D eigenvalue weighted by Gasteiger charge is 2.63. The summed E-state index contributed by atoms with van der Waals surface area (Å²) < 4.78 is 17.4. The number of fused-ring (bicyclic) bond motifs is 3. The van der Waals surface area contributed by atoms with Crippen molar-refractivity contribution in [3.63, 3.8) is 0 Å². The number of esters is 1. The molecule has 2 aliphatic heterocycles. The van der Waals surface area contributed by atoms with Crippen molar-refractivity contribution in [2.75, 3.05) is 18.6 Å². The fraction of sp³-hybridized carbons (Fsp3) is 0.292. The fourth-order valence-corrected chi connectivity index (χ4v) is 5.49. The Labute approximate surface area is 198 Å². The molecular weight excluding hydrogens is 492 g/mol. The summed E-state index contributed by atoms with van der Waals surface area (Å²) >= 11 is 3.46. The molecule has 1 aromatic carbocycles. The first-order valence-electron chi connectivity index (χ1n) is 10.5. The van der Waals surface area contributed by atoms with Gasteiger partial charge >= 0.3 is 5.97 Å². The number of ketones is 1. The van der Waals surface area contributed by atoms with Gasteiger partial charge < -0.3 is 24.5 Å². The van der Waals surface area contributed by atoms with Gasteiger partial charge in [0, 0.05) is 41.5 Å². The van der Waals surface area contributed by atoms with Crippen molar-refractivity contribution in [1.29, 1.82) is 0 Å². The van der Waals surface area contributed by atoms with Crippen LogP contribution in [0.3, 0.4) is 0 Å². The van der Waals surface area contributed by atoms with Crippen LogP contribution in [0.5, 0.6) is 0 Å². The number of likely N-dealkylation sites (N-methyl/N-ethyl adjacent to an activating group) is 1. The highest BCUT2D eigenvalue weighted by molar-refractivity contribution is 9.10. The number of carbonyl (C=O) groups excluding carboxylic acids is 3. The molecule has 1 spiro atoms. The molecule has 3 aliphatic rings. The van der Waals surface area contributed by atoms with Crippen LogP contribution in [-0.2, 0) is 29.3 Å². The van der Waals surface area contributed by atoms with E-state index in [0.29, 0.717) is 27.9 Å². The number of nitrogens with zero attached hydrogens (tertiary/aromatic N) is 1. The molecule has 9 heteroatoms. The van der Waals surface area contributed by atoms with Crippen LogP contribution < -0.4 is 10.6 Å². The molecule has 170 valence electrons. The molecule has 0 saturated carbocycles. The Morgan fingerprint density at radius 1 is 1.30 bits per heavy atom. The minimum Gasteiger partial charge on any atom is -0.469 e. The molecule has 0 saturated heterocycles. The molecule has 2 N–H and O–H groups in total. The summed E-state index contributed by atoms with van der Waals surface area (Å²) in [5.74, 6) is -1.15. The van der Waals surface area contributed by atoms with E-state index in [2.05, 4.69) is 15.9 Å². The van der Waals surface area contributed by atoms with Crippen LogP contribution >= 0.6 is 15.9 Å². The molecule has 0 unspecified atom stereocenters. The van der Waals surface area contributed by atoms with Gasteiger partial charge in [-0.25, -0.2) is 4.79 Å². The normalized spacial score (nSPS) is 24.2. The zero-order chi connectivity index (χ0) is 23.5. The Morgan fingerprint density at radius 2 is 2.09 bits per heavy atom. The second-order valence-electron chi connectivity index (χ2n) is 8.18. The number of amides is 1. The van der Waals surface area contributed by atoms with Gasteiger partial charge in [-0.15, -0.1) is 0 Å². The summed E-state index contributed by atoms with van der Waals surface area (Å²) in [4.78, 5) is 42.3. The first kappa shape index (κ1) is 21.5. The molecule has 1 aliphatic carbocycles. The minimum atomic E-state index is -1.75. The minimum absolute atomic E-state index is 0.0709. The lowest BCUT2D eigenvalue weighted by Gasteiger charge is -2.40. The highest BCUT2D eigenvalue weighted by Crippen LogP contribution is 2.57. The zero-order valence-electron chi connectivity index (χ0n) is 18.0. The number of hydrogen-bond acceptors (Lipinski definition) is 7. The monoisotopic (exact) mass is 512 g/mol. The van der Waals surface area contributed by atoms with Crippen molar-refractivity contribution in [2.24, 2.45) is 5.73 Å². The van der Waals surface area contributed by atoms with Crippen molar-refractivity contribution in [3.05, 3.63) is 75.2 Å². The molecule has 8 nitrogen and oxygen atoms in total. The van der Waals surface area contributed by atoms with Gasteiger partial charge in [-0.3, -0.25) is 9.59 Å². The summed E-state index contributed by atoms with van der Waals surface area (Å²) in [5, 5.41) is 0. The van der Waals surface area contributed by atoms with Gasteiger partial charge in [-0.2, -0.15) is 0 Å². The molecule has 2 atom stereocenters. The predicted octanol–water partition coefficient (Wildman–Crippen LogP) is 3.42. The van der Waals surface area contributed by atoms with E-state index in [0.717, 1.165) is 0 Å². The van der Waals surface area contributed by atoms with E-state index in [-0.39, 0.29) is 47.5 Å². The quantitative estimate of drug-likeness (QED) is 0.626. The number of nitrogens with two attached hydrogens (primary N) is 1.